The van der Waals surface area contributed by atoms with Crippen molar-refractivity contribution in [2.24, 2.45) is 0 Å². The van der Waals surface area contributed by atoms with Crippen molar-refractivity contribution in [3.05, 3.63) is 59.2 Å². The van der Waals surface area contributed by atoms with Crippen LogP contribution in [-0.2, 0) is 28.6 Å². The first-order valence-electron chi connectivity index (χ1n) is 9.43. The molecule has 0 atom stereocenters. The Morgan fingerprint density at radius 3 is 2.12 bits per heavy atom. The monoisotopic (exact) mass is 482 g/mol. The van der Waals surface area contributed by atoms with Gasteiger partial charge in [0.1, 0.15) is 0 Å². The molecular weight excluding hydrogens is 462 g/mol. The van der Waals surface area contributed by atoms with Crippen molar-refractivity contribution in [3.63, 3.8) is 0 Å². The normalized spacial score (nSPS) is 15.4. The van der Waals surface area contributed by atoms with Gasteiger partial charge in [-0.05, 0) is 42.2 Å². The van der Waals surface area contributed by atoms with E-state index in [4.69, 9.17) is 0 Å². The van der Waals surface area contributed by atoms with Crippen LogP contribution in [0.2, 0.25) is 0 Å². The highest BCUT2D eigenvalue weighted by atomic mass is 32.2. The number of anilines is 2. The van der Waals surface area contributed by atoms with Gasteiger partial charge in [0.25, 0.3) is 5.60 Å². The molecule has 1 aliphatic heterocycles. The molecule has 2 N–H and O–H groups in total. The number of hydrogen-bond donors (Lipinski definition) is 2. The van der Waals surface area contributed by atoms with Gasteiger partial charge in [0.15, 0.2) is 0 Å². The molecule has 0 aliphatic carbocycles. The van der Waals surface area contributed by atoms with Crippen LogP contribution in [0.3, 0.4) is 0 Å². The van der Waals surface area contributed by atoms with Gasteiger partial charge in [0.05, 0.1) is 6.26 Å². The Morgan fingerprint density at radius 1 is 1.00 bits per heavy atom. The minimum absolute atomic E-state index is 0.211. The molecule has 1 aliphatic rings. The molecule has 0 saturated heterocycles. The van der Waals surface area contributed by atoms with Crippen molar-refractivity contribution < 1.29 is 39.9 Å². The maximum Gasteiger partial charge on any atom is 0.430 e. The summed E-state index contributed by atoms with van der Waals surface area (Å²) in [6.07, 6.45) is -9.42. The van der Waals surface area contributed by atoms with Crippen LogP contribution in [-0.4, -0.2) is 38.7 Å². The lowest BCUT2D eigenvalue weighted by molar-refractivity contribution is -0.376. The van der Waals surface area contributed by atoms with E-state index in [1.165, 1.54) is 0 Å². The molecule has 5 nitrogen and oxygen atoms in total. The van der Waals surface area contributed by atoms with Gasteiger partial charge in [-0.1, -0.05) is 24.3 Å². The third-order valence-electron chi connectivity index (χ3n) is 5.16. The Bertz CT molecular complexity index is 1070. The predicted octanol–water partition coefficient (Wildman–Crippen LogP) is 4.32. The van der Waals surface area contributed by atoms with Crippen molar-refractivity contribution in [1.29, 1.82) is 0 Å². The van der Waals surface area contributed by atoms with Crippen molar-refractivity contribution in [1.82, 2.24) is 0 Å². The Morgan fingerprint density at radius 2 is 1.59 bits per heavy atom. The average molecular weight is 482 g/mol. The Kier molecular flexibility index (Phi) is 6.15. The van der Waals surface area contributed by atoms with E-state index in [2.05, 4.69) is 4.72 Å². The van der Waals surface area contributed by atoms with Gasteiger partial charge in [-0.3, -0.25) is 4.72 Å². The van der Waals surface area contributed by atoms with Crippen molar-refractivity contribution in [2.45, 2.75) is 37.3 Å². The average Bonchev–Trinajstić information content (AvgIpc) is 2.65. The molecule has 0 saturated carbocycles. The van der Waals surface area contributed by atoms with Gasteiger partial charge in [0.2, 0.25) is 10.0 Å². The molecule has 0 amide bonds. The molecule has 0 fully saturated rings. The molecular formula is C20H20F6N2O3S. The number of fused-ring (bicyclic) bond motifs is 1. The zero-order valence-electron chi connectivity index (χ0n) is 16.8. The van der Waals surface area contributed by atoms with Crippen molar-refractivity contribution >= 4 is 21.4 Å². The first-order valence-corrected chi connectivity index (χ1v) is 11.3. The molecule has 12 heteroatoms. The van der Waals surface area contributed by atoms with E-state index >= 15 is 0 Å². The summed E-state index contributed by atoms with van der Waals surface area (Å²) < 4.78 is 103. The van der Waals surface area contributed by atoms with Gasteiger partial charge in [-0.15, -0.1) is 0 Å². The molecule has 0 unspecified atom stereocenters. The van der Waals surface area contributed by atoms with Crippen molar-refractivity contribution in [3.8, 4) is 0 Å². The van der Waals surface area contributed by atoms with E-state index in [1.54, 1.807) is 18.2 Å². The van der Waals surface area contributed by atoms with Crippen LogP contribution in [0.1, 0.15) is 23.1 Å². The third kappa shape index (κ3) is 4.80. The lowest BCUT2D eigenvalue weighted by Crippen LogP contribution is -2.53. The van der Waals surface area contributed by atoms with Gasteiger partial charge < -0.3 is 10.0 Å². The molecule has 0 radical (unpaired) electrons. The standard InChI is InChI=1S/C20H20F6N2O3S/c1-32(30,31)27-16-8-9-17-14(11-16)3-2-10-28(17)12-13-4-6-15(7-5-13)18(29,19(21,22)23)20(24,25)26/h4-9,11,27,29H,2-3,10,12H2,1H3. The maximum absolute atomic E-state index is 13.0. The fraction of sp³-hybridized carbons (Fsp3) is 0.400. The molecule has 32 heavy (non-hydrogen) atoms. The van der Waals surface area contributed by atoms with E-state index < -0.39 is 33.5 Å². The summed E-state index contributed by atoms with van der Waals surface area (Å²) in [7, 11) is -3.45. The number of halogens is 6. The van der Waals surface area contributed by atoms with Crippen LogP contribution < -0.4 is 9.62 Å². The first-order chi connectivity index (χ1) is 14.6. The van der Waals surface area contributed by atoms with E-state index in [1.807, 2.05) is 4.90 Å². The second kappa shape index (κ2) is 8.14. The summed E-state index contributed by atoms with van der Waals surface area (Å²) in [5.41, 5.74) is -3.76. The number of benzene rings is 2. The number of rotatable bonds is 5. The van der Waals surface area contributed by atoms with Gasteiger partial charge in [-0.25, -0.2) is 8.42 Å². The highest BCUT2D eigenvalue weighted by Gasteiger charge is 2.71. The molecule has 0 aromatic heterocycles. The van der Waals surface area contributed by atoms with Crippen LogP contribution in [0.25, 0.3) is 0 Å². The fourth-order valence-electron chi connectivity index (χ4n) is 3.68. The molecule has 176 valence electrons. The second-order valence-corrected chi connectivity index (χ2v) is 9.39. The van der Waals surface area contributed by atoms with Crippen molar-refractivity contribution in [2.75, 3.05) is 22.4 Å². The Balaban J connectivity index is 1.84. The molecule has 1 heterocycles. The topological polar surface area (TPSA) is 69.6 Å². The lowest BCUT2D eigenvalue weighted by Gasteiger charge is -2.33. The second-order valence-electron chi connectivity index (χ2n) is 7.65. The molecule has 3 rings (SSSR count). The van der Waals surface area contributed by atoms with Crippen LogP contribution >= 0.6 is 0 Å². The fourth-order valence-corrected chi connectivity index (χ4v) is 4.23. The summed E-state index contributed by atoms with van der Waals surface area (Å²) in [5.74, 6) is 0. The van der Waals surface area contributed by atoms with Crippen LogP contribution in [0, 0.1) is 0 Å². The summed E-state index contributed by atoms with van der Waals surface area (Å²) in [5, 5.41) is 9.50. The van der Waals surface area contributed by atoms with E-state index in [0.29, 0.717) is 36.3 Å². The zero-order chi connectivity index (χ0) is 23.9. The van der Waals surface area contributed by atoms with Gasteiger partial charge in [-0.2, -0.15) is 26.3 Å². The summed E-state index contributed by atoms with van der Waals surface area (Å²) in [6.45, 7) is 0.811. The highest BCUT2D eigenvalue weighted by molar-refractivity contribution is 7.92. The summed E-state index contributed by atoms with van der Waals surface area (Å²) in [6, 6.07) is 8.47. The Hall–Kier alpha value is -2.47. The molecule has 2 aromatic carbocycles. The molecule has 2 aromatic rings. The van der Waals surface area contributed by atoms with Crippen LogP contribution in [0.15, 0.2) is 42.5 Å². The van der Waals surface area contributed by atoms with E-state index in [0.717, 1.165) is 36.1 Å². The van der Waals surface area contributed by atoms with Crippen LogP contribution in [0.5, 0.6) is 0 Å². The number of hydrogen-bond acceptors (Lipinski definition) is 4. The number of aryl methyl sites for hydroxylation is 1. The first kappa shape index (κ1) is 24.2. The van der Waals surface area contributed by atoms with Gasteiger partial charge in [0, 0.05) is 30.0 Å². The smallest absolute Gasteiger partial charge is 0.369 e. The SMILES string of the molecule is CS(=O)(=O)Nc1ccc2c(c1)CCCN2Cc1ccc(C(O)(C(F)(F)F)C(F)(F)F)cc1. The number of sulfonamides is 1. The maximum atomic E-state index is 13.0. The largest absolute Gasteiger partial charge is 0.430 e. The lowest BCUT2D eigenvalue weighted by atomic mass is 9.91. The quantitative estimate of drug-likeness (QED) is 0.623. The number of alkyl halides is 6. The minimum Gasteiger partial charge on any atom is -0.369 e. The van der Waals surface area contributed by atoms with E-state index in [-0.39, 0.29) is 6.54 Å². The number of nitrogens with one attached hydrogen (secondary N) is 1. The van der Waals surface area contributed by atoms with E-state index in [9.17, 15) is 39.9 Å². The Labute approximate surface area is 180 Å². The minimum atomic E-state index is -5.93. The van der Waals surface area contributed by atoms with Gasteiger partial charge >= 0.3 is 12.4 Å². The predicted molar refractivity (Wildman–Crippen MR) is 107 cm³/mol. The zero-order valence-corrected chi connectivity index (χ0v) is 17.6. The summed E-state index contributed by atoms with van der Waals surface area (Å²) >= 11 is 0. The molecule has 0 bridgehead atoms. The number of nitrogens with zero attached hydrogens (tertiary/aromatic N) is 1. The van der Waals surface area contributed by atoms with Crippen LogP contribution in [0.4, 0.5) is 37.7 Å². The number of aliphatic hydroxyl groups is 1. The summed E-state index contributed by atoms with van der Waals surface area (Å²) in [4.78, 5) is 1.90. The highest BCUT2D eigenvalue weighted by Crippen LogP contribution is 2.50. The molecule has 0 spiro atoms. The third-order valence-corrected chi connectivity index (χ3v) is 5.77.